The van der Waals surface area contributed by atoms with Crippen LogP contribution in [-0.2, 0) is 16.1 Å². The minimum Gasteiger partial charge on any atom is -0.497 e. The molecule has 0 fully saturated rings. The number of nitrogens with one attached hydrogen (secondary N) is 2. The molecule has 0 radical (unpaired) electrons. The van der Waals surface area contributed by atoms with Gasteiger partial charge < -0.3 is 15.4 Å². The number of ether oxygens (including phenoxy) is 1. The van der Waals surface area contributed by atoms with Gasteiger partial charge in [0, 0.05) is 18.9 Å². The molecule has 0 saturated carbocycles. The van der Waals surface area contributed by atoms with E-state index in [0.29, 0.717) is 0 Å². The standard InChI is InChI=1S/C17H19N3O3/c1-12(14-5-7-15(23-2)8-6-14)20-17(22)16(21)19-11-13-4-3-9-18-10-13/h3-10,12H,11H2,1-2H3,(H,19,21)(H,20,22)/t12-/m1/s1. The number of benzene rings is 1. The lowest BCUT2D eigenvalue weighted by Gasteiger charge is -2.14. The van der Waals surface area contributed by atoms with Gasteiger partial charge >= 0.3 is 11.8 Å². The number of rotatable bonds is 5. The summed E-state index contributed by atoms with van der Waals surface area (Å²) < 4.78 is 5.09. The molecule has 0 spiro atoms. The van der Waals surface area contributed by atoms with Crippen LogP contribution in [0.2, 0.25) is 0 Å². The molecule has 1 heterocycles. The average Bonchev–Trinajstić information content (AvgIpc) is 2.60. The van der Waals surface area contributed by atoms with Crippen LogP contribution in [0.25, 0.3) is 0 Å². The maximum atomic E-state index is 11.9. The Bertz CT molecular complexity index is 657. The number of carbonyl (C=O) groups is 2. The van der Waals surface area contributed by atoms with Gasteiger partial charge in [-0.15, -0.1) is 0 Å². The summed E-state index contributed by atoms with van der Waals surface area (Å²) in [6, 6.07) is 10.6. The first-order valence-corrected chi connectivity index (χ1v) is 7.21. The van der Waals surface area contributed by atoms with Gasteiger partial charge in [-0.2, -0.15) is 0 Å². The summed E-state index contributed by atoms with van der Waals surface area (Å²) in [4.78, 5) is 27.7. The Morgan fingerprint density at radius 2 is 1.91 bits per heavy atom. The Kier molecular flexibility index (Phi) is 5.68. The van der Waals surface area contributed by atoms with Gasteiger partial charge in [0.2, 0.25) is 0 Å². The third kappa shape index (κ3) is 4.81. The van der Waals surface area contributed by atoms with E-state index in [4.69, 9.17) is 4.74 Å². The topological polar surface area (TPSA) is 80.3 Å². The fourth-order valence-electron chi connectivity index (χ4n) is 2.00. The van der Waals surface area contributed by atoms with Gasteiger partial charge in [0.1, 0.15) is 5.75 Å². The van der Waals surface area contributed by atoms with Crippen molar-refractivity contribution in [2.45, 2.75) is 19.5 Å². The largest absolute Gasteiger partial charge is 0.497 e. The van der Waals surface area contributed by atoms with Crippen molar-refractivity contribution >= 4 is 11.8 Å². The molecule has 2 amide bonds. The van der Waals surface area contributed by atoms with Gasteiger partial charge in [0.15, 0.2) is 0 Å². The second-order valence-electron chi connectivity index (χ2n) is 5.01. The van der Waals surface area contributed by atoms with Crippen molar-refractivity contribution in [3.63, 3.8) is 0 Å². The maximum Gasteiger partial charge on any atom is 0.309 e. The first-order chi connectivity index (χ1) is 11.1. The molecule has 23 heavy (non-hydrogen) atoms. The van der Waals surface area contributed by atoms with E-state index >= 15 is 0 Å². The lowest BCUT2D eigenvalue weighted by molar-refractivity contribution is -0.139. The second kappa shape index (κ2) is 7.93. The van der Waals surface area contributed by atoms with Crippen LogP contribution in [0.15, 0.2) is 48.8 Å². The number of hydrogen-bond donors (Lipinski definition) is 2. The summed E-state index contributed by atoms with van der Waals surface area (Å²) in [5.41, 5.74) is 1.72. The molecule has 0 saturated heterocycles. The number of aromatic nitrogens is 1. The molecule has 0 aliphatic rings. The molecule has 1 aromatic carbocycles. The van der Waals surface area contributed by atoms with Crippen molar-refractivity contribution in [3.8, 4) is 5.75 Å². The van der Waals surface area contributed by atoms with Crippen LogP contribution in [0.5, 0.6) is 5.75 Å². The molecule has 6 heteroatoms. The molecule has 1 aromatic heterocycles. The summed E-state index contributed by atoms with van der Waals surface area (Å²) in [7, 11) is 1.59. The van der Waals surface area contributed by atoms with Crippen molar-refractivity contribution in [2.75, 3.05) is 7.11 Å². The number of hydrogen-bond acceptors (Lipinski definition) is 4. The van der Waals surface area contributed by atoms with Crippen LogP contribution in [0.1, 0.15) is 24.1 Å². The lowest BCUT2D eigenvalue weighted by atomic mass is 10.1. The third-order valence-corrected chi connectivity index (χ3v) is 3.35. The van der Waals surface area contributed by atoms with Gasteiger partial charge in [-0.1, -0.05) is 18.2 Å². The highest BCUT2D eigenvalue weighted by Gasteiger charge is 2.16. The highest BCUT2D eigenvalue weighted by Crippen LogP contribution is 2.17. The molecule has 0 aliphatic carbocycles. The Labute approximate surface area is 134 Å². The molecule has 2 rings (SSSR count). The van der Waals surface area contributed by atoms with Crippen LogP contribution in [0.3, 0.4) is 0 Å². The molecular weight excluding hydrogens is 294 g/mol. The lowest BCUT2D eigenvalue weighted by Crippen LogP contribution is -2.40. The highest BCUT2D eigenvalue weighted by atomic mass is 16.5. The summed E-state index contributed by atoms with van der Waals surface area (Å²) in [5.74, 6) is -0.604. The first kappa shape index (κ1) is 16.5. The second-order valence-corrected chi connectivity index (χ2v) is 5.01. The number of amides is 2. The number of carbonyl (C=O) groups excluding carboxylic acids is 2. The quantitative estimate of drug-likeness (QED) is 0.821. The fraction of sp³-hybridized carbons (Fsp3) is 0.235. The van der Waals surface area contributed by atoms with Gasteiger partial charge in [-0.25, -0.2) is 0 Å². The van der Waals surface area contributed by atoms with E-state index < -0.39 is 11.8 Å². The van der Waals surface area contributed by atoms with Crippen LogP contribution in [0, 0.1) is 0 Å². The SMILES string of the molecule is COc1ccc([C@@H](C)NC(=O)C(=O)NCc2cccnc2)cc1. The average molecular weight is 313 g/mol. The van der Waals surface area contributed by atoms with Gasteiger partial charge in [-0.3, -0.25) is 14.6 Å². The molecule has 2 aromatic rings. The molecule has 2 N–H and O–H groups in total. The van der Waals surface area contributed by atoms with E-state index in [1.54, 1.807) is 37.7 Å². The predicted molar refractivity (Wildman–Crippen MR) is 85.6 cm³/mol. The van der Waals surface area contributed by atoms with E-state index in [-0.39, 0.29) is 12.6 Å². The van der Waals surface area contributed by atoms with E-state index in [1.807, 2.05) is 25.1 Å². The Hall–Kier alpha value is -2.89. The maximum absolute atomic E-state index is 11.9. The van der Waals surface area contributed by atoms with Crippen LogP contribution in [-0.4, -0.2) is 23.9 Å². The molecule has 0 bridgehead atoms. The first-order valence-electron chi connectivity index (χ1n) is 7.21. The van der Waals surface area contributed by atoms with Crippen LogP contribution in [0.4, 0.5) is 0 Å². The summed E-state index contributed by atoms with van der Waals surface area (Å²) >= 11 is 0. The molecule has 0 aliphatic heterocycles. The minimum atomic E-state index is -0.672. The zero-order valence-electron chi connectivity index (χ0n) is 13.1. The van der Waals surface area contributed by atoms with E-state index in [2.05, 4.69) is 15.6 Å². The Morgan fingerprint density at radius 3 is 2.52 bits per heavy atom. The minimum absolute atomic E-state index is 0.261. The summed E-state index contributed by atoms with van der Waals surface area (Å²) in [5, 5.41) is 5.23. The Balaban J connectivity index is 1.85. The van der Waals surface area contributed by atoms with E-state index in [9.17, 15) is 9.59 Å². The Morgan fingerprint density at radius 1 is 1.17 bits per heavy atom. The molecule has 0 unspecified atom stereocenters. The number of methoxy groups -OCH3 is 1. The normalized spacial score (nSPS) is 11.4. The van der Waals surface area contributed by atoms with Crippen LogP contribution < -0.4 is 15.4 Å². The summed E-state index contributed by atoms with van der Waals surface area (Å²) in [6.07, 6.45) is 3.28. The van der Waals surface area contributed by atoms with Crippen molar-refractivity contribution < 1.29 is 14.3 Å². The van der Waals surface area contributed by atoms with Crippen molar-refractivity contribution in [3.05, 3.63) is 59.9 Å². The van der Waals surface area contributed by atoms with Crippen molar-refractivity contribution in [1.82, 2.24) is 15.6 Å². The van der Waals surface area contributed by atoms with Crippen LogP contribution >= 0.6 is 0 Å². The monoisotopic (exact) mass is 313 g/mol. The molecule has 1 atom stereocenters. The van der Waals surface area contributed by atoms with Crippen molar-refractivity contribution in [1.29, 1.82) is 0 Å². The highest BCUT2D eigenvalue weighted by molar-refractivity contribution is 6.35. The summed E-state index contributed by atoms with van der Waals surface area (Å²) in [6.45, 7) is 2.07. The zero-order chi connectivity index (χ0) is 16.7. The number of pyridine rings is 1. The van der Waals surface area contributed by atoms with Crippen molar-refractivity contribution in [2.24, 2.45) is 0 Å². The smallest absolute Gasteiger partial charge is 0.309 e. The van der Waals surface area contributed by atoms with Gasteiger partial charge in [0.25, 0.3) is 0 Å². The van der Waals surface area contributed by atoms with Gasteiger partial charge in [-0.05, 0) is 36.2 Å². The van der Waals surface area contributed by atoms with Gasteiger partial charge in [0.05, 0.1) is 13.2 Å². The third-order valence-electron chi connectivity index (χ3n) is 3.35. The molecule has 6 nitrogen and oxygen atoms in total. The fourth-order valence-corrected chi connectivity index (χ4v) is 2.00. The van der Waals surface area contributed by atoms with E-state index in [1.165, 1.54) is 0 Å². The zero-order valence-corrected chi connectivity index (χ0v) is 13.1. The predicted octanol–water partition coefficient (Wildman–Crippen LogP) is 1.58. The van der Waals surface area contributed by atoms with E-state index in [0.717, 1.165) is 16.9 Å². The molecular formula is C17H19N3O3. The number of nitrogens with zero attached hydrogens (tertiary/aromatic N) is 1. The molecule has 120 valence electrons.